The summed E-state index contributed by atoms with van der Waals surface area (Å²) in [7, 11) is 4.77. The van der Waals surface area contributed by atoms with Gasteiger partial charge >= 0.3 is 0 Å². The number of methoxy groups -OCH3 is 3. The molecule has 6 rings (SSSR count). The first-order valence-electron chi connectivity index (χ1n) is 14.3. The third-order valence-electron chi connectivity index (χ3n) is 8.26. The summed E-state index contributed by atoms with van der Waals surface area (Å²) in [5.74, 6) is 4.10. The predicted octanol–water partition coefficient (Wildman–Crippen LogP) is 4.32. The highest BCUT2D eigenvalue weighted by atomic mass is 16.5. The first-order valence-corrected chi connectivity index (χ1v) is 14.3. The van der Waals surface area contributed by atoms with Crippen LogP contribution in [0.4, 0.5) is 17.6 Å². The maximum atomic E-state index is 10.00. The van der Waals surface area contributed by atoms with Crippen molar-refractivity contribution < 1.29 is 19.3 Å². The number of fused-ring (bicyclic) bond motifs is 1. The molecule has 1 atom stereocenters. The van der Waals surface area contributed by atoms with Crippen molar-refractivity contribution in [2.24, 2.45) is 5.92 Å². The van der Waals surface area contributed by atoms with Crippen molar-refractivity contribution in [1.82, 2.24) is 29.3 Å². The minimum Gasteiger partial charge on any atom is -0.493 e. The molecule has 218 valence electrons. The number of aliphatic hydroxyl groups excluding tert-OH is 1. The summed E-state index contributed by atoms with van der Waals surface area (Å²) < 4.78 is 20.4. The lowest BCUT2D eigenvalue weighted by molar-refractivity contribution is 0.265. The Balaban J connectivity index is 1.35. The molecule has 1 saturated heterocycles. The van der Waals surface area contributed by atoms with Crippen LogP contribution in [0.1, 0.15) is 44.9 Å². The van der Waals surface area contributed by atoms with Gasteiger partial charge in [0.15, 0.2) is 17.1 Å². The average molecular weight is 563 g/mol. The number of hydrogen-bond acceptors (Lipinski definition) is 10. The van der Waals surface area contributed by atoms with Crippen molar-refractivity contribution in [3.8, 4) is 22.9 Å². The molecule has 4 heterocycles. The third kappa shape index (κ3) is 5.35. The Morgan fingerprint density at radius 1 is 0.976 bits per heavy atom. The van der Waals surface area contributed by atoms with Crippen molar-refractivity contribution >= 4 is 28.6 Å². The molecule has 0 radical (unpaired) electrons. The molecule has 12 nitrogen and oxygen atoms in total. The summed E-state index contributed by atoms with van der Waals surface area (Å²) in [5, 5.41) is 19.0. The van der Waals surface area contributed by atoms with Gasteiger partial charge in [-0.15, -0.1) is 0 Å². The van der Waals surface area contributed by atoms with E-state index in [1.807, 2.05) is 33.8 Å². The van der Waals surface area contributed by atoms with Crippen molar-refractivity contribution in [2.75, 3.05) is 44.7 Å². The largest absolute Gasteiger partial charge is 0.493 e. The van der Waals surface area contributed by atoms with Crippen LogP contribution in [0.5, 0.6) is 17.2 Å². The summed E-state index contributed by atoms with van der Waals surface area (Å²) >= 11 is 0. The van der Waals surface area contributed by atoms with Crippen LogP contribution in [-0.4, -0.2) is 74.9 Å². The predicted molar refractivity (Wildman–Crippen MR) is 156 cm³/mol. The molecule has 1 saturated carbocycles. The van der Waals surface area contributed by atoms with Crippen molar-refractivity contribution in [1.29, 1.82) is 0 Å². The number of nitrogens with zero attached hydrogens (tertiary/aromatic N) is 7. The smallest absolute Gasteiger partial charge is 0.229 e. The van der Waals surface area contributed by atoms with Crippen LogP contribution in [0.3, 0.4) is 0 Å². The summed E-state index contributed by atoms with van der Waals surface area (Å²) in [6.07, 6.45) is 13.7. The van der Waals surface area contributed by atoms with Gasteiger partial charge in [-0.3, -0.25) is 0 Å². The molecule has 1 aliphatic heterocycles. The summed E-state index contributed by atoms with van der Waals surface area (Å²) in [4.78, 5) is 16.6. The van der Waals surface area contributed by atoms with Crippen molar-refractivity contribution in [3.63, 3.8) is 0 Å². The zero-order chi connectivity index (χ0) is 28.3. The maximum Gasteiger partial charge on any atom is 0.229 e. The van der Waals surface area contributed by atoms with E-state index < -0.39 is 0 Å². The van der Waals surface area contributed by atoms with Gasteiger partial charge in [-0.25, -0.2) is 9.67 Å². The minimum atomic E-state index is 0.00857. The van der Waals surface area contributed by atoms with Gasteiger partial charge in [-0.2, -0.15) is 15.1 Å². The molecule has 0 amide bonds. The lowest BCUT2D eigenvalue weighted by Gasteiger charge is -2.24. The number of rotatable bonds is 10. The number of nitrogens with one attached hydrogen (secondary N) is 1. The van der Waals surface area contributed by atoms with Gasteiger partial charge in [0.05, 0.1) is 57.4 Å². The normalized spacial score (nSPS) is 17.8. The second-order valence-electron chi connectivity index (χ2n) is 10.8. The summed E-state index contributed by atoms with van der Waals surface area (Å²) in [6, 6.07) is 3.74. The Bertz CT molecular complexity index is 1470. The van der Waals surface area contributed by atoms with Crippen LogP contribution in [0.25, 0.3) is 16.7 Å². The van der Waals surface area contributed by atoms with E-state index in [1.165, 1.54) is 32.1 Å². The Morgan fingerprint density at radius 3 is 2.46 bits per heavy atom. The number of imidazole rings is 1. The van der Waals surface area contributed by atoms with Crippen LogP contribution in [0.2, 0.25) is 0 Å². The van der Waals surface area contributed by atoms with Crippen molar-refractivity contribution in [3.05, 3.63) is 30.9 Å². The summed E-state index contributed by atoms with van der Waals surface area (Å²) in [5.41, 5.74) is 1.60. The highest BCUT2D eigenvalue weighted by Gasteiger charge is 2.28. The Morgan fingerprint density at radius 2 is 1.76 bits per heavy atom. The highest BCUT2D eigenvalue weighted by molar-refractivity contribution is 5.89. The van der Waals surface area contributed by atoms with Crippen LogP contribution in [0, 0.1) is 5.92 Å². The van der Waals surface area contributed by atoms with E-state index in [0.717, 1.165) is 42.7 Å². The molecule has 0 bridgehead atoms. The second-order valence-corrected chi connectivity index (χ2v) is 10.8. The minimum absolute atomic E-state index is 0.00857. The Hall–Kier alpha value is -4.06. The van der Waals surface area contributed by atoms with Crippen LogP contribution in [0.15, 0.2) is 30.9 Å². The second kappa shape index (κ2) is 11.8. The lowest BCUT2D eigenvalue weighted by Crippen LogP contribution is -2.33. The molecular formula is C29H38N8O4. The van der Waals surface area contributed by atoms with Crippen LogP contribution in [-0.2, 0) is 6.54 Å². The quantitative estimate of drug-likeness (QED) is 0.289. The van der Waals surface area contributed by atoms with E-state index in [2.05, 4.69) is 15.2 Å². The zero-order valence-corrected chi connectivity index (χ0v) is 23.9. The number of aliphatic hydroxyl groups is 1. The van der Waals surface area contributed by atoms with E-state index in [1.54, 1.807) is 27.7 Å². The van der Waals surface area contributed by atoms with Crippen LogP contribution < -0.4 is 24.4 Å². The molecule has 1 aliphatic carbocycles. The van der Waals surface area contributed by atoms with E-state index in [4.69, 9.17) is 29.3 Å². The molecule has 2 aliphatic rings. The fourth-order valence-electron chi connectivity index (χ4n) is 6.07. The molecule has 12 heteroatoms. The molecule has 2 fully saturated rings. The summed E-state index contributed by atoms with van der Waals surface area (Å²) in [6.45, 7) is 1.73. The third-order valence-corrected chi connectivity index (χ3v) is 8.26. The topological polar surface area (TPSA) is 125 Å². The zero-order valence-electron chi connectivity index (χ0n) is 23.9. The average Bonchev–Trinajstić information content (AvgIpc) is 3.77. The van der Waals surface area contributed by atoms with Gasteiger partial charge < -0.3 is 34.1 Å². The molecular weight excluding hydrogens is 524 g/mol. The van der Waals surface area contributed by atoms with E-state index in [-0.39, 0.29) is 12.6 Å². The Kier molecular flexibility index (Phi) is 7.82. The fraction of sp³-hybridized carbons (Fsp3) is 0.517. The molecule has 2 N–H and O–H groups in total. The number of anilines is 3. The lowest BCUT2D eigenvalue weighted by atomic mass is 9.89. The van der Waals surface area contributed by atoms with Gasteiger partial charge in [0.25, 0.3) is 0 Å². The first kappa shape index (κ1) is 27.1. The van der Waals surface area contributed by atoms with E-state index in [9.17, 15) is 5.11 Å². The van der Waals surface area contributed by atoms with E-state index in [0.29, 0.717) is 40.8 Å². The molecule has 41 heavy (non-hydrogen) atoms. The molecule has 0 spiro atoms. The Labute approximate surface area is 239 Å². The molecule has 4 aromatic rings. The first-order chi connectivity index (χ1) is 20.1. The van der Waals surface area contributed by atoms with Crippen LogP contribution >= 0.6 is 0 Å². The fourth-order valence-corrected chi connectivity index (χ4v) is 6.07. The SMILES string of the molecule is COc1cc(-n2cnc(Nc3nc(N4CCC[C@@H]4CO)nc4c3cnn4CC3CCCCC3)c2)cc(OC)c1OC. The molecule has 1 aromatic carbocycles. The standard InChI is InChI=1S/C29H38N8O4/c1-39-23-12-21(13-24(40-2)26(23)41-3)35-16-25(30-18-35)32-27-22-14-31-37(15-19-8-5-4-6-9-19)28(22)34-29(33-27)36-11-7-10-20(36)17-38/h12-14,16,18-20,38H,4-11,15,17H2,1-3H3,(H,32,33,34)/t20-/m1/s1. The number of benzene rings is 1. The van der Waals surface area contributed by atoms with Gasteiger partial charge in [-0.1, -0.05) is 19.3 Å². The number of ether oxygens (including phenoxy) is 3. The number of aromatic nitrogens is 6. The van der Waals surface area contributed by atoms with Gasteiger partial charge in [0.1, 0.15) is 18.0 Å². The van der Waals surface area contributed by atoms with Gasteiger partial charge in [0.2, 0.25) is 11.7 Å². The monoisotopic (exact) mass is 562 g/mol. The van der Waals surface area contributed by atoms with E-state index >= 15 is 0 Å². The van der Waals surface area contributed by atoms with Crippen molar-refractivity contribution in [2.45, 2.75) is 57.5 Å². The van der Waals surface area contributed by atoms with Gasteiger partial charge in [0, 0.05) is 25.2 Å². The maximum absolute atomic E-state index is 10.00. The van der Waals surface area contributed by atoms with Gasteiger partial charge in [-0.05, 0) is 31.6 Å². The number of hydrogen-bond donors (Lipinski definition) is 2. The molecule has 3 aromatic heterocycles. The highest BCUT2D eigenvalue weighted by Crippen LogP contribution is 2.39. The molecule has 0 unspecified atom stereocenters.